The maximum absolute atomic E-state index is 10.7. The van der Waals surface area contributed by atoms with E-state index >= 15 is 0 Å². The molecular weight excluding hydrogens is 544 g/mol. The molecule has 248 valence electrons. The molecule has 5 rings (SSSR count). The molecule has 0 aromatic carbocycles. The van der Waals surface area contributed by atoms with E-state index in [1.807, 2.05) is 0 Å². The van der Waals surface area contributed by atoms with E-state index in [1.165, 1.54) is 31.3 Å². The molecule has 43 heavy (non-hydrogen) atoms. The van der Waals surface area contributed by atoms with Crippen molar-refractivity contribution in [1.82, 2.24) is 0 Å². The van der Waals surface area contributed by atoms with E-state index in [9.17, 15) is 25.5 Å². The first-order valence-corrected chi connectivity index (χ1v) is 17.3. The van der Waals surface area contributed by atoms with Gasteiger partial charge in [0.05, 0.1) is 36.6 Å². The predicted molar refractivity (Wildman–Crippen MR) is 167 cm³/mol. The van der Waals surface area contributed by atoms with Gasteiger partial charge in [-0.2, -0.15) is 0 Å². The maximum Gasteiger partial charge on any atom is 0.186 e. The van der Waals surface area contributed by atoms with Crippen molar-refractivity contribution >= 4 is 0 Å². The Morgan fingerprint density at radius 3 is 2.35 bits per heavy atom. The summed E-state index contributed by atoms with van der Waals surface area (Å²) < 4.78 is 12.3. The zero-order valence-corrected chi connectivity index (χ0v) is 28.2. The van der Waals surface area contributed by atoms with Crippen LogP contribution in [-0.4, -0.2) is 74.6 Å². The van der Waals surface area contributed by atoms with Crippen LogP contribution in [0, 0.1) is 45.3 Å². The van der Waals surface area contributed by atoms with Gasteiger partial charge in [-0.05, 0) is 112 Å². The smallest absolute Gasteiger partial charge is 0.186 e. The lowest BCUT2D eigenvalue weighted by Gasteiger charge is -2.66. The van der Waals surface area contributed by atoms with Crippen molar-refractivity contribution in [3.8, 4) is 0 Å². The summed E-state index contributed by atoms with van der Waals surface area (Å²) in [7, 11) is 0. The van der Waals surface area contributed by atoms with Crippen LogP contribution in [0.25, 0.3) is 0 Å². The average molecular weight is 607 g/mol. The Bertz CT molecular complexity index is 1040. The van der Waals surface area contributed by atoms with E-state index in [0.717, 1.165) is 25.7 Å². The summed E-state index contributed by atoms with van der Waals surface area (Å²) in [6.07, 6.45) is 7.90. The molecule has 13 atom stereocenters. The van der Waals surface area contributed by atoms with Crippen molar-refractivity contribution in [2.45, 2.75) is 162 Å². The third kappa shape index (κ3) is 5.49. The van der Waals surface area contributed by atoms with Crippen LogP contribution in [0.3, 0.4) is 0 Å². The molecule has 1 aliphatic heterocycles. The standard InChI is InChI=1S/C36H62O7/c1-21(9-13-28(39)33(4,5)41)23-15-16-36(8)27-12-10-24-25(34(27,6)17-18-35(23,36)7)11-14-29(32(24,2)3)43-31-30(40)26(38)19-22(20-37)42-31/h10,21-23,25-31,37-41H,9,11-20H2,1-8H3/t21-,22+,23?,25?,26+,27?,28-,29+,30-,31+,34+,35-,36+/m1/s1. The Labute approximate surface area is 260 Å². The molecule has 7 heteroatoms. The van der Waals surface area contributed by atoms with Crippen LogP contribution in [-0.2, 0) is 9.47 Å². The van der Waals surface area contributed by atoms with E-state index in [0.29, 0.717) is 30.1 Å². The van der Waals surface area contributed by atoms with Crippen LogP contribution in [0.15, 0.2) is 11.6 Å². The van der Waals surface area contributed by atoms with Crippen LogP contribution in [0.5, 0.6) is 0 Å². The molecule has 4 aliphatic carbocycles. The number of hydrogen-bond donors (Lipinski definition) is 5. The molecule has 3 unspecified atom stereocenters. The van der Waals surface area contributed by atoms with Gasteiger partial charge in [0.25, 0.3) is 0 Å². The largest absolute Gasteiger partial charge is 0.394 e. The van der Waals surface area contributed by atoms with E-state index in [-0.39, 0.29) is 40.8 Å². The van der Waals surface area contributed by atoms with Crippen LogP contribution >= 0.6 is 0 Å². The highest BCUT2D eigenvalue weighted by molar-refractivity contribution is 5.30. The summed E-state index contributed by atoms with van der Waals surface area (Å²) >= 11 is 0. The summed E-state index contributed by atoms with van der Waals surface area (Å²) in [6.45, 7) is 17.9. The minimum atomic E-state index is -1.12. The van der Waals surface area contributed by atoms with Crippen LogP contribution < -0.4 is 0 Å². The highest BCUT2D eigenvalue weighted by Crippen LogP contribution is 2.75. The fraction of sp³-hybridized carbons (Fsp3) is 0.944. The third-order valence-electron chi connectivity index (χ3n) is 14.3. The highest BCUT2D eigenvalue weighted by Gasteiger charge is 2.67. The fourth-order valence-corrected chi connectivity index (χ4v) is 11.1. The van der Waals surface area contributed by atoms with Gasteiger partial charge >= 0.3 is 0 Å². The Morgan fingerprint density at radius 2 is 1.70 bits per heavy atom. The Kier molecular flexibility index (Phi) is 9.13. The van der Waals surface area contributed by atoms with E-state index in [4.69, 9.17) is 9.47 Å². The van der Waals surface area contributed by atoms with Crippen molar-refractivity contribution in [3.63, 3.8) is 0 Å². The van der Waals surface area contributed by atoms with Crippen molar-refractivity contribution in [3.05, 3.63) is 11.6 Å². The quantitative estimate of drug-likeness (QED) is 0.236. The number of fused-ring (bicyclic) bond motifs is 5. The Hall–Kier alpha value is -0.540. The van der Waals surface area contributed by atoms with Crippen molar-refractivity contribution in [2.75, 3.05) is 6.61 Å². The monoisotopic (exact) mass is 606 g/mol. The van der Waals surface area contributed by atoms with Crippen LogP contribution in [0.1, 0.15) is 120 Å². The molecule has 0 amide bonds. The molecule has 7 nitrogen and oxygen atoms in total. The Balaban J connectivity index is 1.34. The molecule has 0 spiro atoms. The lowest BCUT2D eigenvalue weighted by Crippen LogP contribution is -2.60. The maximum atomic E-state index is 10.7. The Morgan fingerprint density at radius 1 is 1.00 bits per heavy atom. The normalized spacial score (nSPS) is 47.6. The summed E-state index contributed by atoms with van der Waals surface area (Å²) in [4.78, 5) is 0. The minimum absolute atomic E-state index is 0.139. The number of hydrogen-bond acceptors (Lipinski definition) is 7. The van der Waals surface area contributed by atoms with Gasteiger partial charge in [-0.1, -0.05) is 53.2 Å². The van der Waals surface area contributed by atoms with Gasteiger partial charge < -0.3 is 35.0 Å². The molecule has 0 radical (unpaired) electrons. The zero-order chi connectivity index (χ0) is 31.8. The zero-order valence-electron chi connectivity index (χ0n) is 28.2. The topological polar surface area (TPSA) is 120 Å². The number of aliphatic hydroxyl groups is 5. The van der Waals surface area contributed by atoms with Gasteiger partial charge in [-0.3, -0.25) is 0 Å². The summed E-state index contributed by atoms with van der Waals surface area (Å²) in [6, 6.07) is 0. The van der Waals surface area contributed by atoms with Crippen LogP contribution in [0.4, 0.5) is 0 Å². The van der Waals surface area contributed by atoms with Gasteiger partial charge in [-0.25, -0.2) is 0 Å². The lowest BCUT2D eigenvalue weighted by atomic mass is 9.39. The van der Waals surface area contributed by atoms with Gasteiger partial charge in [0.2, 0.25) is 0 Å². The van der Waals surface area contributed by atoms with E-state index in [1.54, 1.807) is 13.8 Å². The molecule has 0 aromatic heterocycles. The number of aliphatic hydroxyl groups excluding tert-OH is 4. The average Bonchev–Trinajstić information content (AvgIpc) is 3.21. The third-order valence-corrected chi connectivity index (χ3v) is 14.3. The summed E-state index contributed by atoms with van der Waals surface area (Å²) in [5.41, 5.74) is 0.930. The SMILES string of the molecule is C[C@H](CC[C@@H](O)C(C)(C)O)C1CC[C@@]2(C)C3CC=C4C(CC[C@H](O[C@@H]5O[C@H](CO)C[C@H](O)[C@H]5O)C4(C)C)[C@]3(C)CC[C@]12C. The number of ether oxygens (including phenoxy) is 2. The second kappa shape index (κ2) is 11.6. The first-order valence-electron chi connectivity index (χ1n) is 17.3. The minimum Gasteiger partial charge on any atom is -0.394 e. The molecule has 1 saturated heterocycles. The molecule has 4 fully saturated rings. The summed E-state index contributed by atoms with van der Waals surface area (Å²) in [5, 5.41) is 51.5. The molecular formula is C36H62O7. The van der Waals surface area contributed by atoms with Gasteiger partial charge in [0, 0.05) is 11.8 Å². The number of rotatable bonds is 8. The first kappa shape index (κ1) is 33.8. The van der Waals surface area contributed by atoms with Crippen molar-refractivity contribution in [2.24, 2.45) is 45.3 Å². The van der Waals surface area contributed by atoms with E-state index in [2.05, 4.69) is 47.6 Å². The molecule has 0 aromatic rings. The van der Waals surface area contributed by atoms with Crippen molar-refractivity contribution in [1.29, 1.82) is 0 Å². The molecule has 3 saturated carbocycles. The highest BCUT2D eigenvalue weighted by atomic mass is 16.7. The molecule has 0 bridgehead atoms. The van der Waals surface area contributed by atoms with Gasteiger partial charge in [0.1, 0.15) is 6.10 Å². The van der Waals surface area contributed by atoms with E-state index < -0.39 is 36.3 Å². The second-order valence-corrected chi connectivity index (χ2v) is 17.2. The second-order valence-electron chi connectivity index (χ2n) is 17.2. The predicted octanol–water partition coefficient (Wildman–Crippen LogP) is 5.35. The first-order chi connectivity index (χ1) is 19.9. The van der Waals surface area contributed by atoms with Gasteiger partial charge in [-0.15, -0.1) is 0 Å². The van der Waals surface area contributed by atoms with Crippen molar-refractivity contribution < 1.29 is 35.0 Å². The summed E-state index contributed by atoms with van der Waals surface area (Å²) in [5.74, 6) is 2.25. The molecule has 5 aliphatic rings. The van der Waals surface area contributed by atoms with Crippen LogP contribution in [0.2, 0.25) is 0 Å². The number of allylic oxidation sites excluding steroid dienone is 1. The van der Waals surface area contributed by atoms with Gasteiger partial charge in [0.15, 0.2) is 6.29 Å². The molecule has 5 N–H and O–H groups in total. The fourth-order valence-electron chi connectivity index (χ4n) is 11.1. The molecule has 1 heterocycles. The lowest BCUT2D eigenvalue weighted by molar-refractivity contribution is -0.296.